The zero-order chi connectivity index (χ0) is 21.5. The lowest BCUT2D eigenvalue weighted by Gasteiger charge is -2.33. The average Bonchev–Trinajstić information content (AvgIpc) is 3.09. The summed E-state index contributed by atoms with van der Waals surface area (Å²) in [5, 5.41) is 0.832. The van der Waals surface area contributed by atoms with Gasteiger partial charge in [0.1, 0.15) is 11.3 Å². The first-order chi connectivity index (χ1) is 14.3. The van der Waals surface area contributed by atoms with Crippen LogP contribution in [-0.2, 0) is 10.0 Å². The summed E-state index contributed by atoms with van der Waals surface area (Å²) in [6.07, 6.45) is 0. The Morgan fingerprint density at radius 2 is 1.67 bits per heavy atom. The molecule has 1 amide bonds. The van der Waals surface area contributed by atoms with Crippen LogP contribution < -0.4 is 4.74 Å². The summed E-state index contributed by atoms with van der Waals surface area (Å²) < 4.78 is 38.2. The topological polar surface area (TPSA) is 80.1 Å². The minimum atomic E-state index is -3.57. The largest absolute Gasteiger partial charge is 0.497 e. The van der Waals surface area contributed by atoms with Gasteiger partial charge < -0.3 is 14.1 Å². The Morgan fingerprint density at radius 1 is 1.00 bits per heavy atom. The maximum Gasteiger partial charge on any atom is 0.289 e. The molecule has 0 saturated carbocycles. The van der Waals surface area contributed by atoms with Gasteiger partial charge in [0, 0.05) is 37.1 Å². The van der Waals surface area contributed by atoms with Crippen molar-refractivity contribution in [3.8, 4) is 5.75 Å². The molecule has 30 heavy (non-hydrogen) atoms. The van der Waals surface area contributed by atoms with Gasteiger partial charge >= 0.3 is 0 Å². The molecule has 0 unspecified atom stereocenters. The molecule has 1 fully saturated rings. The molecule has 0 N–H and O–H groups in total. The number of rotatable bonds is 4. The van der Waals surface area contributed by atoms with Crippen LogP contribution >= 0.6 is 0 Å². The van der Waals surface area contributed by atoms with Gasteiger partial charge in [0.15, 0.2) is 5.76 Å². The molecule has 0 radical (unpaired) electrons. The number of fused-ring (bicyclic) bond motifs is 1. The highest BCUT2D eigenvalue weighted by Gasteiger charge is 2.32. The number of sulfonamides is 1. The van der Waals surface area contributed by atoms with Crippen LogP contribution in [0, 0.1) is 13.8 Å². The minimum Gasteiger partial charge on any atom is -0.497 e. The van der Waals surface area contributed by atoms with Crippen molar-refractivity contribution in [3.05, 3.63) is 59.4 Å². The quantitative estimate of drug-likeness (QED) is 0.638. The number of furan rings is 1. The van der Waals surface area contributed by atoms with E-state index in [2.05, 4.69) is 0 Å². The third-order valence-corrected chi connectivity index (χ3v) is 7.44. The third-order valence-electron chi connectivity index (χ3n) is 5.52. The molecule has 1 aromatic heterocycles. The van der Waals surface area contributed by atoms with E-state index in [-0.39, 0.29) is 29.7 Å². The van der Waals surface area contributed by atoms with Crippen LogP contribution in [0.3, 0.4) is 0 Å². The SMILES string of the molecule is COc1ccc2oc(C(=O)N3CCN(S(=O)(=O)c4ccc(C)cc4)CC3)c(C)c2c1. The molecule has 158 valence electrons. The number of hydrogen-bond acceptors (Lipinski definition) is 5. The number of aryl methyl sites for hydroxylation is 2. The number of ether oxygens (including phenoxy) is 1. The second-order valence-electron chi connectivity index (χ2n) is 7.43. The van der Waals surface area contributed by atoms with Gasteiger partial charge in [-0.1, -0.05) is 17.7 Å². The number of methoxy groups -OCH3 is 1. The predicted molar refractivity (Wildman–Crippen MR) is 113 cm³/mol. The zero-order valence-corrected chi connectivity index (χ0v) is 18.0. The number of nitrogens with zero attached hydrogens (tertiary/aromatic N) is 2. The molecule has 2 aromatic carbocycles. The second kappa shape index (κ2) is 7.77. The molecule has 2 heterocycles. The Bertz CT molecular complexity index is 1190. The number of carbonyl (C=O) groups is 1. The first-order valence-corrected chi connectivity index (χ1v) is 11.2. The molecule has 3 aromatic rings. The Kier molecular flexibility index (Phi) is 5.29. The van der Waals surface area contributed by atoms with Crippen molar-refractivity contribution in [1.29, 1.82) is 0 Å². The smallest absolute Gasteiger partial charge is 0.289 e. The van der Waals surface area contributed by atoms with E-state index in [9.17, 15) is 13.2 Å². The van der Waals surface area contributed by atoms with E-state index < -0.39 is 10.0 Å². The molecule has 0 bridgehead atoms. The van der Waals surface area contributed by atoms with E-state index in [1.165, 1.54) is 4.31 Å². The molecule has 4 rings (SSSR count). The fourth-order valence-electron chi connectivity index (χ4n) is 3.67. The highest BCUT2D eigenvalue weighted by atomic mass is 32.2. The Labute approximate surface area is 175 Å². The molecule has 1 aliphatic heterocycles. The average molecular weight is 429 g/mol. The minimum absolute atomic E-state index is 0.227. The van der Waals surface area contributed by atoms with E-state index in [1.54, 1.807) is 48.4 Å². The van der Waals surface area contributed by atoms with E-state index in [4.69, 9.17) is 9.15 Å². The van der Waals surface area contributed by atoms with Crippen molar-refractivity contribution in [3.63, 3.8) is 0 Å². The maximum absolute atomic E-state index is 13.0. The first-order valence-electron chi connectivity index (χ1n) is 9.74. The van der Waals surface area contributed by atoms with Gasteiger partial charge in [-0.05, 0) is 44.2 Å². The number of hydrogen-bond donors (Lipinski definition) is 0. The summed E-state index contributed by atoms with van der Waals surface area (Å²) in [6, 6.07) is 12.2. The lowest BCUT2D eigenvalue weighted by atomic mass is 10.1. The van der Waals surface area contributed by atoms with Crippen LogP contribution in [-0.4, -0.2) is 56.8 Å². The molecule has 0 aliphatic carbocycles. The fraction of sp³-hybridized carbons (Fsp3) is 0.318. The van der Waals surface area contributed by atoms with E-state index >= 15 is 0 Å². The number of carbonyl (C=O) groups excluding carboxylic acids is 1. The Balaban J connectivity index is 1.50. The van der Waals surface area contributed by atoms with Crippen LogP contribution in [0.5, 0.6) is 5.75 Å². The molecule has 1 saturated heterocycles. The van der Waals surface area contributed by atoms with Gasteiger partial charge in [-0.2, -0.15) is 4.31 Å². The summed E-state index contributed by atoms with van der Waals surface area (Å²) in [4.78, 5) is 15.0. The number of piperazine rings is 1. The van der Waals surface area contributed by atoms with Gasteiger partial charge in [-0.15, -0.1) is 0 Å². The molecule has 8 heteroatoms. The van der Waals surface area contributed by atoms with Crippen molar-refractivity contribution in [1.82, 2.24) is 9.21 Å². The van der Waals surface area contributed by atoms with Crippen LogP contribution in [0.4, 0.5) is 0 Å². The van der Waals surface area contributed by atoms with Crippen LogP contribution in [0.2, 0.25) is 0 Å². The second-order valence-corrected chi connectivity index (χ2v) is 9.37. The normalized spacial score (nSPS) is 15.5. The highest BCUT2D eigenvalue weighted by Crippen LogP contribution is 2.30. The molecular formula is C22H24N2O5S. The van der Waals surface area contributed by atoms with E-state index in [0.717, 1.165) is 16.5 Å². The Morgan fingerprint density at radius 3 is 2.30 bits per heavy atom. The maximum atomic E-state index is 13.0. The summed E-state index contributed by atoms with van der Waals surface area (Å²) in [5.74, 6) is 0.753. The van der Waals surface area contributed by atoms with Crippen LogP contribution in [0.15, 0.2) is 51.8 Å². The standard InChI is InChI=1S/C22H24N2O5S/c1-15-4-7-18(8-5-15)30(26,27)24-12-10-23(11-13-24)22(25)21-16(2)19-14-17(28-3)6-9-20(19)29-21/h4-9,14H,10-13H2,1-3H3. The van der Waals surface area contributed by atoms with E-state index in [0.29, 0.717) is 24.4 Å². The van der Waals surface area contributed by atoms with Crippen LogP contribution in [0.25, 0.3) is 11.0 Å². The number of amides is 1. The highest BCUT2D eigenvalue weighted by molar-refractivity contribution is 7.89. The lowest BCUT2D eigenvalue weighted by Crippen LogP contribution is -2.50. The molecule has 0 atom stereocenters. The van der Waals surface area contributed by atoms with Crippen molar-refractivity contribution in [2.45, 2.75) is 18.7 Å². The summed E-state index contributed by atoms with van der Waals surface area (Å²) in [7, 11) is -1.98. The summed E-state index contributed by atoms with van der Waals surface area (Å²) >= 11 is 0. The first kappa shape index (κ1) is 20.4. The van der Waals surface area contributed by atoms with Crippen LogP contribution in [0.1, 0.15) is 21.7 Å². The monoisotopic (exact) mass is 428 g/mol. The van der Waals surface area contributed by atoms with Gasteiger partial charge in [-0.3, -0.25) is 4.79 Å². The summed E-state index contributed by atoms with van der Waals surface area (Å²) in [6.45, 7) is 4.87. The summed E-state index contributed by atoms with van der Waals surface area (Å²) in [5.41, 5.74) is 2.38. The molecule has 1 aliphatic rings. The van der Waals surface area contributed by atoms with Crippen molar-refractivity contribution in [2.75, 3.05) is 33.3 Å². The van der Waals surface area contributed by atoms with Gasteiger partial charge in [0.25, 0.3) is 5.91 Å². The zero-order valence-electron chi connectivity index (χ0n) is 17.2. The van der Waals surface area contributed by atoms with E-state index in [1.807, 2.05) is 19.9 Å². The van der Waals surface area contributed by atoms with Gasteiger partial charge in [0.2, 0.25) is 10.0 Å². The number of benzene rings is 2. The molecular weight excluding hydrogens is 404 g/mol. The molecule has 0 spiro atoms. The van der Waals surface area contributed by atoms with Gasteiger partial charge in [0.05, 0.1) is 12.0 Å². The Hall–Kier alpha value is -2.84. The molecule has 7 nitrogen and oxygen atoms in total. The van der Waals surface area contributed by atoms with Crippen molar-refractivity contribution in [2.24, 2.45) is 0 Å². The third kappa shape index (κ3) is 3.57. The van der Waals surface area contributed by atoms with Crippen molar-refractivity contribution < 1.29 is 22.4 Å². The van der Waals surface area contributed by atoms with Gasteiger partial charge in [-0.25, -0.2) is 8.42 Å². The lowest BCUT2D eigenvalue weighted by molar-refractivity contribution is 0.0667. The fourth-order valence-corrected chi connectivity index (χ4v) is 5.09. The van der Waals surface area contributed by atoms with Crippen molar-refractivity contribution >= 4 is 26.9 Å². The predicted octanol–water partition coefficient (Wildman–Crippen LogP) is 3.20.